The highest BCUT2D eigenvalue weighted by Crippen LogP contribution is 2.30. The molecule has 150 valence electrons. The number of carbonyl (C=O) groups excluding carboxylic acids is 1. The monoisotopic (exact) mass is 398 g/mol. The van der Waals surface area contributed by atoms with Crippen molar-refractivity contribution in [3.05, 3.63) is 72.7 Å². The summed E-state index contributed by atoms with van der Waals surface area (Å²) in [6, 6.07) is 16.1. The number of nitrogens with one attached hydrogen (secondary N) is 1. The predicted octanol–water partition coefficient (Wildman–Crippen LogP) is 3.74. The Kier molecular flexibility index (Phi) is 4.63. The van der Waals surface area contributed by atoms with E-state index in [1.807, 2.05) is 54.6 Å². The lowest BCUT2D eigenvalue weighted by molar-refractivity contribution is -0.117. The smallest absolute Gasteiger partial charge is 0.227 e. The Bertz CT molecular complexity index is 1190. The van der Waals surface area contributed by atoms with Crippen LogP contribution in [0.2, 0.25) is 0 Å². The van der Waals surface area contributed by atoms with Crippen LogP contribution in [0.1, 0.15) is 18.4 Å². The molecule has 7 heteroatoms. The molecule has 2 aromatic heterocycles. The van der Waals surface area contributed by atoms with E-state index in [4.69, 9.17) is 0 Å². The highest BCUT2D eigenvalue weighted by atomic mass is 16.2. The maximum Gasteiger partial charge on any atom is 0.227 e. The van der Waals surface area contributed by atoms with Gasteiger partial charge in [0.25, 0.3) is 0 Å². The van der Waals surface area contributed by atoms with Crippen molar-refractivity contribution < 1.29 is 4.79 Å². The van der Waals surface area contributed by atoms with Gasteiger partial charge in [0.15, 0.2) is 0 Å². The number of hydrogen-bond acceptors (Lipinski definition) is 4. The van der Waals surface area contributed by atoms with Gasteiger partial charge < -0.3 is 5.32 Å². The van der Waals surface area contributed by atoms with Gasteiger partial charge >= 0.3 is 0 Å². The van der Waals surface area contributed by atoms with Gasteiger partial charge in [-0.05, 0) is 36.1 Å². The molecule has 0 radical (unpaired) electrons. The summed E-state index contributed by atoms with van der Waals surface area (Å²) in [6.07, 6.45) is 7.77. The van der Waals surface area contributed by atoms with E-state index in [2.05, 4.69) is 45.0 Å². The van der Waals surface area contributed by atoms with Crippen LogP contribution < -0.4 is 5.32 Å². The van der Waals surface area contributed by atoms with Crippen molar-refractivity contribution in [3.8, 4) is 22.4 Å². The molecule has 5 rings (SSSR count). The molecule has 1 aliphatic rings. The first-order chi connectivity index (χ1) is 14.6. The zero-order valence-electron chi connectivity index (χ0n) is 16.7. The van der Waals surface area contributed by atoms with Crippen LogP contribution in [0.15, 0.2) is 67.1 Å². The number of nitrogens with zero attached hydrogens (tertiary/aromatic N) is 5. The number of hydrogen-bond donors (Lipinski definition) is 1. The molecule has 1 fully saturated rings. The topological polar surface area (TPSA) is 77.6 Å². The van der Waals surface area contributed by atoms with Gasteiger partial charge in [0.1, 0.15) is 5.69 Å². The van der Waals surface area contributed by atoms with Crippen LogP contribution in [-0.2, 0) is 18.4 Å². The minimum absolute atomic E-state index is 0.102. The third-order valence-corrected chi connectivity index (χ3v) is 5.25. The van der Waals surface area contributed by atoms with Gasteiger partial charge in [-0.15, -0.1) is 5.10 Å². The van der Waals surface area contributed by atoms with Crippen LogP contribution in [0.4, 0.5) is 5.69 Å². The van der Waals surface area contributed by atoms with Crippen LogP contribution in [-0.4, -0.2) is 30.7 Å². The van der Waals surface area contributed by atoms with Gasteiger partial charge in [-0.25, -0.2) is 4.68 Å². The van der Waals surface area contributed by atoms with Crippen LogP contribution in [0.5, 0.6) is 0 Å². The van der Waals surface area contributed by atoms with E-state index in [1.54, 1.807) is 4.68 Å². The number of amides is 1. The van der Waals surface area contributed by atoms with Gasteiger partial charge in [-0.3, -0.25) is 9.48 Å². The number of anilines is 1. The summed E-state index contributed by atoms with van der Waals surface area (Å²) in [5.41, 5.74) is 5.89. The van der Waals surface area contributed by atoms with Crippen LogP contribution in [0.25, 0.3) is 22.4 Å². The summed E-state index contributed by atoms with van der Waals surface area (Å²) >= 11 is 0. The van der Waals surface area contributed by atoms with Crippen molar-refractivity contribution in [1.82, 2.24) is 24.8 Å². The van der Waals surface area contributed by atoms with E-state index in [0.717, 1.165) is 46.5 Å². The van der Waals surface area contributed by atoms with Crippen LogP contribution >= 0.6 is 0 Å². The summed E-state index contributed by atoms with van der Waals surface area (Å²) in [7, 11) is 1.91. The average molecular weight is 398 g/mol. The molecule has 2 heterocycles. The molecule has 7 nitrogen and oxygen atoms in total. The third-order valence-electron chi connectivity index (χ3n) is 5.25. The molecule has 0 aliphatic heterocycles. The molecule has 30 heavy (non-hydrogen) atoms. The fourth-order valence-electron chi connectivity index (χ4n) is 3.41. The summed E-state index contributed by atoms with van der Waals surface area (Å²) in [4.78, 5) is 12.0. The zero-order valence-corrected chi connectivity index (χ0v) is 16.7. The molecular weight excluding hydrogens is 376 g/mol. The molecule has 0 bridgehead atoms. The second-order valence-electron chi connectivity index (χ2n) is 7.75. The zero-order chi connectivity index (χ0) is 20.5. The Labute approximate surface area is 174 Å². The van der Waals surface area contributed by atoms with Crippen LogP contribution in [0.3, 0.4) is 0 Å². The molecule has 1 aliphatic carbocycles. The number of aryl methyl sites for hydroxylation is 1. The van der Waals surface area contributed by atoms with Crippen molar-refractivity contribution in [2.75, 3.05) is 5.32 Å². The molecule has 0 spiro atoms. The Morgan fingerprint density at radius 2 is 1.90 bits per heavy atom. The lowest BCUT2D eigenvalue weighted by Gasteiger charge is -2.05. The van der Waals surface area contributed by atoms with E-state index in [9.17, 15) is 4.79 Å². The first-order valence-electron chi connectivity index (χ1n) is 10.0. The van der Waals surface area contributed by atoms with Gasteiger partial charge in [0.2, 0.25) is 5.91 Å². The van der Waals surface area contributed by atoms with Crippen molar-refractivity contribution in [1.29, 1.82) is 0 Å². The maximum absolute atomic E-state index is 12.0. The molecule has 1 saturated carbocycles. The van der Waals surface area contributed by atoms with Gasteiger partial charge in [0.05, 0.1) is 18.9 Å². The summed E-state index contributed by atoms with van der Waals surface area (Å²) in [5, 5.41) is 15.8. The number of aromatic nitrogens is 5. The maximum atomic E-state index is 12.0. The SMILES string of the molecule is Cn1cc(-c2ccc(Cn3cc(-c4cccc(NC(=O)C5CC5)c4)nn3)cc2)cn1. The highest BCUT2D eigenvalue weighted by molar-refractivity contribution is 5.94. The van der Waals surface area contributed by atoms with E-state index in [1.165, 1.54) is 0 Å². The predicted molar refractivity (Wildman–Crippen MR) is 115 cm³/mol. The largest absolute Gasteiger partial charge is 0.326 e. The third kappa shape index (κ3) is 4.00. The molecule has 2 aromatic carbocycles. The van der Waals surface area contributed by atoms with Crippen molar-refractivity contribution in [2.45, 2.75) is 19.4 Å². The van der Waals surface area contributed by atoms with Crippen molar-refractivity contribution in [2.24, 2.45) is 13.0 Å². The van der Waals surface area contributed by atoms with Gasteiger partial charge in [0, 0.05) is 36.0 Å². The quantitative estimate of drug-likeness (QED) is 0.537. The minimum Gasteiger partial charge on any atom is -0.326 e. The summed E-state index contributed by atoms with van der Waals surface area (Å²) < 4.78 is 3.62. The Balaban J connectivity index is 1.28. The average Bonchev–Trinajstić information content (AvgIpc) is 3.37. The molecule has 0 atom stereocenters. The Hall–Kier alpha value is -3.74. The molecule has 4 aromatic rings. The van der Waals surface area contributed by atoms with Gasteiger partial charge in [-0.2, -0.15) is 5.10 Å². The summed E-state index contributed by atoms with van der Waals surface area (Å²) in [5.74, 6) is 0.282. The second kappa shape index (κ2) is 7.59. The standard InChI is InChI=1S/C23H22N6O/c1-28-14-20(12-24-28)17-7-5-16(6-8-17)13-29-15-22(26-27-29)19-3-2-4-21(11-19)25-23(30)18-9-10-18/h2-8,11-12,14-15,18H,9-10,13H2,1H3,(H,25,30). The lowest BCUT2D eigenvalue weighted by Crippen LogP contribution is -2.13. The Morgan fingerprint density at radius 1 is 1.07 bits per heavy atom. The number of rotatable bonds is 6. The first kappa shape index (κ1) is 18.3. The van der Waals surface area contributed by atoms with Crippen LogP contribution in [0, 0.1) is 5.92 Å². The first-order valence-corrected chi connectivity index (χ1v) is 10.0. The van der Waals surface area contributed by atoms with E-state index in [-0.39, 0.29) is 11.8 Å². The fraction of sp³-hybridized carbons (Fsp3) is 0.217. The van der Waals surface area contributed by atoms with Crippen molar-refractivity contribution >= 4 is 11.6 Å². The van der Waals surface area contributed by atoms with Crippen molar-refractivity contribution in [3.63, 3.8) is 0 Å². The minimum atomic E-state index is 0.102. The fourth-order valence-corrected chi connectivity index (χ4v) is 3.41. The number of benzene rings is 2. The highest BCUT2D eigenvalue weighted by Gasteiger charge is 2.29. The summed E-state index contributed by atoms with van der Waals surface area (Å²) in [6.45, 7) is 0.637. The molecule has 0 unspecified atom stereocenters. The second-order valence-corrected chi connectivity index (χ2v) is 7.75. The molecular formula is C23H22N6O. The van der Waals surface area contributed by atoms with Gasteiger partial charge in [-0.1, -0.05) is 41.6 Å². The van der Waals surface area contributed by atoms with E-state index < -0.39 is 0 Å². The molecule has 1 N–H and O–H groups in total. The number of carbonyl (C=O) groups is 1. The lowest BCUT2D eigenvalue weighted by atomic mass is 10.1. The van der Waals surface area contributed by atoms with E-state index in [0.29, 0.717) is 6.54 Å². The molecule has 1 amide bonds. The molecule has 0 saturated heterocycles. The Morgan fingerprint density at radius 3 is 2.63 bits per heavy atom. The van der Waals surface area contributed by atoms with E-state index >= 15 is 0 Å². The normalized spacial score (nSPS) is 13.4.